The third kappa shape index (κ3) is 5.33. The molecule has 1 unspecified atom stereocenters. The molecule has 0 radical (unpaired) electrons. The van der Waals surface area contributed by atoms with Gasteiger partial charge in [-0.2, -0.15) is 0 Å². The Labute approximate surface area is 195 Å². The van der Waals surface area contributed by atoms with Crippen LogP contribution in [0.5, 0.6) is 5.75 Å². The molecule has 3 aromatic rings. The highest BCUT2D eigenvalue weighted by Crippen LogP contribution is 2.31. The molecule has 0 amide bonds. The minimum absolute atomic E-state index is 0.0176. The molecule has 33 heavy (non-hydrogen) atoms. The van der Waals surface area contributed by atoms with Crippen molar-refractivity contribution in [1.82, 2.24) is 14.9 Å². The highest BCUT2D eigenvalue weighted by Gasteiger charge is 2.31. The van der Waals surface area contributed by atoms with Crippen LogP contribution in [0.4, 0.5) is 0 Å². The minimum atomic E-state index is -0.0882. The normalized spacial score (nSPS) is 16.2. The Hall–Kier alpha value is -2.99. The highest BCUT2D eigenvalue weighted by atomic mass is 16.5. The van der Waals surface area contributed by atoms with Crippen molar-refractivity contribution in [2.75, 3.05) is 20.2 Å². The average molecular weight is 448 g/mol. The van der Waals surface area contributed by atoms with Gasteiger partial charge in [0.1, 0.15) is 11.6 Å². The SMILES string of the molecule is COc1ccc(C(=O)C2CCN(C(CCC(C)C)c3nc4ccccc4c(=O)[nH]3)CC2)cc1. The van der Waals surface area contributed by atoms with Crippen molar-refractivity contribution in [2.45, 2.75) is 45.6 Å². The Morgan fingerprint density at radius 1 is 1.09 bits per heavy atom. The maximum atomic E-state index is 13.0. The van der Waals surface area contributed by atoms with Crippen LogP contribution in [0.15, 0.2) is 53.3 Å². The Bertz CT molecular complexity index is 1150. The summed E-state index contributed by atoms with van der Waals surface area (Å²) >= 11 is 0. The fourth-order valence-electron chi connectivity index (χ4n) is 4.71. The van der Waals surface area contributed by atoms with Gasteiger partial charge in [0.15, 0.2) is 5.78 Å². The maximum absolute atomic E-state index is 13.0. The number of likely N-dealkylation sites (tertiary alicyclic amines) is 1. The number of fused-ring (bicyclic) bond motifs is 1. The smallest absolute Gasteiger partial charge is 0.258 e. The van der Waals surface area contributed by atoms with E-state index in [0.717, 1.165) is 61.4 Å². The number of aromatic amines is 1. The first-order valence-electron chi connectivity index (χ1n) is 11.9. The van der Waals surface area contributed by atoms with Crippen LogP contribution in [0.1, 0.15) is 61.8 Å². The van der Waals surface area contributed by atoms with Gasteiger partial charge < -0.3 is 9.72 Å². The van der Waals surface area contributed by atoms with E-state index in [1.165, 1.54) is 0 Å². The standard InChI is InChI=1S/C27H33N3O3/c1-18(2)8-13-24(26-28-23-7-5-4-6-22(23)27(32)29-26)30-16-14-20(15-17-30)25(31)19-9-11-21(33-3)12-10-19/h4-7,9-12,18,20,24H,8,13-17H2,1-3H3,(H,28,29,32). The van der Waals surface area contributed by atoms with Crippen LogP contribution >= 0.6 is 0 Å². The van der Waals surface area contributed by atoms with Gasteiger partial charge in [-0.25, -0.2) is 4.98 Å². The number of hydrogen-bond acceptors (Lipinski definition) is 5. The predicted octanol–water partition coefficient (Wildman–Crippen LogP) is 5.00. The fraction of sp³-hybridized carbons (Fsp3) is 0.444. The number of H-pyrrole nitrogens is 1. The molecule has 2 heterocycles. The van der Waals surface area contributed by atoms with E-state index in [2.05, 4.69) is 23.7 Å². The first-order valence-corrected chi connectivity index (χ1v) is 11.9. The van der Waals surface area contributed by atoms with Gasteiger partial charge >= 0.3 is 0 Å². The van der Waals surface area contributed by atoms with Crippen molar-refractivity contribution in [3.8, 4) is 5.75 Å². The molecule has 0 saturated carbocycles. The number of carbonyl (C=O) groups excluding carboxylic acids is 1. The molecule has 6 heteroatoms. The van der Waals surface area contributed by atoms with E-state index in [1.54, 1.807) is 7.11 Å². The lowest BCUT2D eigenvalue weighted by molar-refractivity contribution is 0.0767. The molecular formula is C27H33N3O3. The summed E-state index contributed by atoms with van der Waals surface area (Å²) in [5, 5.41) is 0.618. The van der Waals surface area contributed by atoms with Crippen molar-refractivity contribution >= 4 is 16.7 Å². The summed E-state index contributed by atoms with van der Waals surface area (Å²) in [6.07, 6.45) is 3.59. The molecule has 4 rings (SSSR count). The van der Waals surface area contributed by atoms with Crippen molar-refractivity contribution < 1.29 is 9.53 Å². The van der Waals surface area contributed by atoms with E-state index in [1.807, 2.05) is 48.5 Å². The molecule has 0 bridgehead atoms. The first-order chi connectivity index (χ1) is 16.0. The van der Waals surface area contributed by atoms with Gasteiger partial charge in [0.2, 0.25) is 0 Å². The Morgan fingerprint density at radius 2 is 1.79 bits per heavy atom. The molecule has 1 aromatic heterocycles. The lowest BCUT2D eigenvalue weighted by Gasteiger charge is -2.37. The maximum Gasteiger partial charge on any atom is 0.258 e. The van der Waals surface area contributed by atoms with Crippen LogP contribution in [0.25, 0.3) is 10.9 Å². The predicted molar refractivity (Wildman–Crippen MR) is 131 cm³/mol. The summed E-state index contributed by atoms with van der Waals surface area (Å²) in [6, 6.07) is 14.9. The first kappa shape index (κ1) is 23.2. The Kier molecular flexibility index (Phi) is 7.23. The van der Waals surface area contributed by atoms with Gasteiger partial charge in [-0.15, -0.1) is 0 Å². The molecule has 1 aliphatic rings. The van der Waals surface area contributed by atoms with Gasteiger partial charge in [0.25, 0.3) is 5.56 Å². The van der Waals surface area contributed by atoms with Crippen LogP contribution in [-0.2, 0) is 0 Å². The number of aromatic nitrogens is 2. The minimum Gasteiger partial charge on any atom is -0.497 e. The van der Waals surface area contributed by atoms with Crippen LogP contribution in [0.2, 0.25) is 0 Å². The number of rotatable bonds is 8. The number of piperidine rings is 1. The zero-order valence-corrected chi connectivity index (χ0v) is 19.7. The van der Waals surface area contributed by atoms with Crippen molar-refractivity contribution in [2.24, 2.45) is 11.8 Å². The van der Waals surface area contributed by atoms with Crippen LogP contribution < -0.4 is 10.3 Å². The van der Waals surface area contributed by atoms with E-state index >= 15 is 0 Å². The molecule has 1 atom stereocenters. The van der Waals surface area contributed by atoms with Crippen LogP contribution in [0.3, 0.4) is 0 Å². The number of ether oxygens (including phenoxy) is 1. The van der Waals surface area contributed by atoms with Gasteiger partial charge in [-0.05, 0) is 81.1 Å². The van der Waals surface area contributed by atoms with E-state index in [-0.39, 0.29) is 23.3 Å². The molecule has 6 nitrogen and oxygen atoms in total. The van der Waals surface area contributed by atoms with E-state index < -0.39 is 0 Å². The Morgan fingerprint density at radius 3 is 2.45 bits per heavy atom. The second kappa shape index (κ2) is 10.3. The number of benzene rings is 2. The third-order valence-electron chi connectivity index (χ3n) is 6.68. The van der Waals surface area contributed by atoms with Crippen molar-refractivity contribution in [3.05, 3.63) is 70.3 Å². The molecular weight excluding hydrogens is 414 g/mol. The lowest BCUT2D eigenvalue weighted by Crippen LogP contribution is -2.40. The fourth-order valence-corrected chi connectivity index (χ4v) is 4.71. The number of ketones is 1. The topological polar surface area (TPSA) is 75.3 Å². The van der Waals surface area contributed by atoms with E-state index in [0.29, 0.717) is 11.3 Å². The van der Waals surface area contributed by atoms with E-state index in [4.69, 9.17) is 9.72 Å². The second-order valence-electron chi connectivity index (χ2n) is 9.36. The molecule has 0 aliphatic carbocycles. The molecule has 2 aromatic carbocycles. The van der Waals surface area contributed by atoms with E-state index in [9.17, 15) is 9.59 Å². The van der Waals surface area contributed by atoms with Gasteiger partial charge in [0.05, 0.1) is 24.1 Å². The summed E-state index contributed by atoms with van der Waals surface area (Å²) in [5.74, 6) is 2.27. The average Bonchev–Trinajstić information content (AvgIpc) is 2.84. The number of carbonyl (C=O) groups is 1. The highest BCUT2D eigenvalue weighted by molar-refractivity contribution is 5.98. The van der Waals surface area contributed by atoms with Gasteiger partial charge in [-0.1, -0.05) is 26.0 Å². The third-order valence-corrected chi connectivity index (χ3v) is 6.68. The molecule has 1 aliphatic heterocycles. The summed E-state index contributed by atoms with van der Waals surface area (Å²) in [6.45, 7) is 6.05. The summed E-state index contributed by atoms with van der Waals surface area (Å²) < 4.78 is 5.20. The van der Waals surface area contributed by atoms with Gasteiger partial charge in [0, 0.05) is 11.5 Å². The molecule has 0 spiro atoms. The number of para-hydroxylation sites is 1. The number of nitrogens with one attached hydrogen (secondary N) is 1. The molecule has 1 N–H and O–H groups in total. The summed E-state index contributed by atoms with van der Waals surface area (Å²) in [5.41, 5.74) is 1.39. The molecule has 174 valence electrons. The van der Waals surface area contributed by atoms with Crippen LogP contribution in [-0.4, -0.2) is 40.9 Å². The number of hydrogen-bond donors (Lipinski definition) is 1. The largest absolute Gasteiger partial charge is 0.497 e. The number of methoxy groups -OCH3 is 1. The number of Topliss-reactive ketones (excluding diaryl/α,β-unsaturated/α-hetero) is 1. The summed E-state index contributed by atoms with van der Waals surface area (Å²) in [4.78, 5) is 36.0. The second-order valence-corrected chi connectivity index (χ2v) is 9.36. The summed E-state index contributed by atoms with van der Waals surface area (Å²) in [7, 11) is 1.62. The molecule has 1 fully saturated rings. The monoisotopic (exact) mass is 447 g/mol. The Balaban J connectivity index is 1.51. The zero-order chi connectivity index (χ0) is 23.4. The van der Waals surface area contributed by atoms with Crippen molar-refractivity contribution in [3.63, 3.8) is 0 Å². The quantitative estimate of drug-likeness (QED) is 0.492. The van der Waals surface area contributed by atoms with Crippen molar-refractivity contribution in [1.29, 1.82) is 0 Å². The van der Waals surface area contributed by atoms with Gasteiger partial charge in [-0.3, -0.25) is 14.5 Å². The number of nitrogens with zero attached hydrogens (tertiary/aromatic N) is 2. The zero-order valence-electron chi connectivity index (χ0n) is 19.7. The molecule has 1 saturated heterocycles. The lowest BCUT2D eigenvalue weighted by atomic mass is 9.87. The van der Waals surface area contributed by atoms with Crippen LogP contribution in [0, 0.1) is 11.8 Å².